The number of rotatable bonds is 4. The van der Waals surface area contributed by atoms with Crippen molar-refractivity contribution in [3.63, 3.8) is 0 Å². The molecular weight excluding hydrogens is 351 g/mol. The summed E-state index contributed by atoms with van der Waals surface area (Å²) in [6.07, 6.45) is 5.56. The van der Waals surface area contributed by atoms with E-state index in [2.05, 4.69) is 9.97 Å². The van der Waals surface area contributed by atoms with Gasteiger partial charge in [-0.2, -0.15) is 0 Å². The van der Waals surface area contributed by atoms with Crippen LogP contribution in [0.15, 0.2) is 67.1 Å². The average Bonchev–Trinajstić information content (AvgIpc) is 3.06. The van der Waals surface area contributed by atoms with Crippen LogP contribution >= 0.6 is 11.6 Å². The molecule has 4 aromatic rings. The minimum absolute atomic E-state index is 0.243. The van der Waals surface area contributed by atoms with Crippen LogP contribution in [0.25, 0.3) is 16.9 Å². The Labute approximate surface area is 155 Å². The lowest BCUT2D eigenvalue weighted by Gasteiger charge is -2.19. The van der Waals surface area contributed by atoms with Crippen LogP contribution in [-0.4, -0.2) is 21.4 Å². The van der Waals surface area contributed by atoms with Gasteiger partial charge in [0.25, 0.3) is 0 Å². The van der Waals surface area contributed by atoms with E-state index in [-0.39, 0.29) is 5.82 Å². The van der Waals surface area contributed by atoms with Crippen molar-refractivity contribution in [1.82, 2.24) is 14.4 Å². The van der Waals surface area contributed by atoms with Crippen LogP contribution in [0.4, 0.5) is 10.1 Å². The van der Waals surface area contributed by atoms with Gasteiger partial charge in [-0.3, -0.25) is 9.38 Å². The maximum Gasteiger partial charge on any atom is 0.155 e. The molecular formula is C20H16ClFN4. The Hall–Kier alpha value is -2.92. The summed E-state index contributed by atoms with van der Waals surface area (Å²) >= 11 is 5.98. The first-order valence-corrected chi connectivity index (χ1v) is 8.52. The Kier molecular flexibility index (Phi) is 4.31. The smallest absolute Gasteiger partial charge is 0.155 e. The van der Waals surface area contributed by atoms with Crippen molar-refractivity contribution in [2.24, 2.45) is 0 Å². The van der Waals surface area contributed by atoms with Crippen LogP contribution in [0, 0.1) is 5.82 Å². The molecule has 0 fully saturated rings. The van der Waals surface area contributed by atoms with E-state index in [0.717, 1.165) is 28.3 Å². The Morgan fingerprint density at radius 2 is 1.73 bits per heavy atom. The van der Waals surface area contributed by atoms with E-state index in [1.165, 1.54) is 12.1 Å². The van der Waals surface area contributed by atoms with Crippen molar-refractivity contribution < 1.29 is 4.39 Å². The Bertz CT molecular complexity index is 1040. The van der Waals surface area contributed by atoms with Gasteiger partial charge in [-0.05, 0) is 36.4 Å². The number of benzene rings is 2. The van der Waals surface area contributed by atoms with Gasteiger partial charge in [-0.1, -0.05) is 23.7 Å². The highest BCUT2D eigenvalue weighted by Crippen LogP contribution is 2.23. The number of anilines is 1. The minimum Gasteiger partial charge on any atom is -0.369 e. The molecule has 0 spiro atoms. The molecule has 4 nitrogen and oxygen atoms in total. The predicted octanol–water partition coefficient (Wildman–Crippen LogP) is 4.83. The van der Waals surface area contributed by atoms with Crippen molar-refractivity contribution in [3.8, 4) is 11.3 Å². The van der Waals surface area contributed by atoms with Gasteiger partial charge < -0.3 is 4.90 Å². The first kappa shape index (κ1) is 16.5. The quantitative estimate of drug-likeness (QED) is 0.519. The van der Waals surface area contributed by atoms with E-state index in [9.17, 15) is 4.39 Å². The summed E-state index contributed by atoms with van der Waals surface area (Å²) in [7, 11) is 1.95. The Morgan fingerprint density at radius 3 is 2.46 bits per heavy atom. The van der Waals surface area contributed by atoms with Crippen LogP contribution in [0.2, 0.25) is 5.02 Å². The molecule has 2 aromatic carbocycles. The van der Waals surface area contributed by atoms with Gasteiger partial charge in [0, 0.05) is 29.5 Å². The first-order chi connectivity index (χ1) is 12.6. The number of imidazole rings is 1. The molecule has 0 radical (unpaired) electrons. The number of hydrogen-bond acceptors (Lipinski definition) is 3. The predicted molar refractivity (Wildman–Crippen MR) is 102 cm³/mol. The van der Waals surface area contributed by atoms with Gasteiger partial charge in [0.1, 0.15) is 5.82 Å². The van der Waals surface area contributed by atoms with Crippen molar-refractivity contribution in [1.29, 1.82) is 0 Å². The van der Waals surface area contributed by atoms with Gasteiger partial charge in [-0.15, -0.1) is 0 Å². The summed E-state index contributed by atoms with van der Waals surface area (Å²) in [4.78, 5) is 10.9. The molecule has 0 bridgehead atoms. The standard InChI is InChI=1S/C20H16ClFN4/c1-25(18-8-6-16(22)7-9-18)12-17-13-26-19(10-24-20(26)11-23-17)14-2-4-15(21)5-3-14/h2-11,13H,12H2,1H3. The van der Waals surface area contributed by atoms with Gasteiger partial charge in [0.05, 0.1) is 30.3 Å². The second-order valence-electron chi connectivity index (χ2n) is 6.09. The molecule has 0 aliphatic heterocycles. The highest BCUT2D eigenvalue weighted by molar-refractivity contribution is 6.30. The van der Waals surface area contributed by atoms with Crippen LogP contribution in [0.1, 0.15) is 5.69 Å². The summed E-state index contributed by atoms with van der Waals surface area (Å²) in [6, 6.07) is 14.1. The molecule has 0 amide bonds. The SMILES string of the molecule is CN(Cc1cn2c(-c3ccc(Cl)cc3)cnc2cn1)c1ccc(F)cc1. The highest BCUT2D eigenvalue weighted by Gasteiger charge is 2.09. The molecule has 0 unspecified atom stereocenters. The summed E-state index contributed by atoms with van der Waals surface area (Å²) in [5, 5.41) is 0.700. The maximum absolute atomic E-state index is 13.1. The third-order valence-electron chi connectivity index (χ3n) is 4.26. The maximum atomic E-state index is 13.1. The van der Waals surface area contributed by atoms with Gasteiger partial charge >= 0.3 is 0 Å². The number of nitrogens with zero attached hydrogens (tertiary/aromatic N) is 4. The zero-order valence-electron chi connectivity index (χ0n) is 14.1. The molecule has 0 saturated heterocycles. The third-order valence-corrected chi connectivity index (χ3v) is 4.51. The molecule has 2 heterocycles. The highest BCUT2D eigenvalue weighted by atomic mass is 35.5. The normalized spacial score (nSPS) is 11.0. The number of fused-ring (bicyclic) bond motifs is 1. The molecule has 6 heteroatoms. The fraction of sp³-hybridized carbons (Fsp3) is 0.100. The van der Waals surface area contributed by atoms with Gasteiger partial charge in [0.2, 0.25) is 0 Å². The lowest BCUT2D eigenvalue weighted by atomic mass is 10.2. The zero-order chi connectivity index (χ0) is 18.1. The fourth-order valence-electron chi connectivity index (χ4n) is 2.88. The Balaban J connectivity index is 1.65. The van der Waals surface area contributed by atoms with E-state index >= 15 is 0 Å². The monoisotopic (exact) mass is 366 g/mol. The first-order valence-electron chi connectivity index (χ1n) is 8.15. The summed E-state index contributed by atoms with van der Waals surface area (Å²) in [6.45, 7) is 0.597. The second-order valence-corrected chi connectivity index (χ2v) is 6.53. The topological polar surface area (TPSA) is 33.4 Å². The molecule has 0 N–H and O–H groups in total. The lowest BCUT2D eigenvalue weighted by molar-refractivity contribution is 0.627. The summed E-state index contributed by atoms with van der Waals surface area (Å²) in [5.41, 5.74) is 4.60. The van der Waals surface area contributed by atoms with Gasteiger partial charge in [0.15, 0.2) is 5.65 Å². The summed E-state index contributed by atoms with van der Waals surface area (Å²) in [5.74, 6) is -0.243. The largest absolute Gasteiger partial charge is 0.369 e. The summed E-state index contributed by atoms with van der Waals surface area (Å²) < 4.78 is 15.1. The molecule has 0 aliphatic carbocycles. The molecule has 2 aromatic heterocycles. The van der Waals surface area contributed by atoms with Crippen molar-refractivity contribution in [3.05, 3.63) is 83.7 Å². The van der Waals surface area contributed by atoms with Crippen LogP contribution in [-0.2, 0) is 6.54 Å². The fourth-order valence-corrected chi connectivity index (χ4v) is 3.00. The lowest BCUT2D eigenvalue weighted by Crippen LogP contribution is -2.17. The van der Waals surface area contributed by atoms with Crippen LogP contribution in [0.5, 0.6) is 0 Å². The van der Waals surface area contributed by atoms with E-state index in [1.807, 2.05) is 53.0 Å². The number of halogens is 2. The minimum atomic E-state index is -0.243. The molecule has 0 aliphatic rings. The average molecular weight is 367 g/mol. The molecule has 0 saturated carbocycles. The molecule has 4 rings (SSSR count). The third kappa shape index (κ3) is 3.26. The van der Waals surface area contributed by atoms with E-state index in [1.54, 1.807) is 18.3 Å². The second kappa shape index (κ2) is 6.77. The van der Waals surface area contributed by atoms with Gasteiger partial charge in [-0.25, -0.2) is 9.37 Å². The van der Waals surface area contributed by atoms with Crippen LogP contribution < -0.4 is 4.90 Å². The van der Waals surface area contributed by atoms with Crippen molar-refractivity contribution >= 4 is 22.9 Å². The molecule has 130 valence electrons. The number of hydrogen-bond donors (Lipinski definition) is 0. The van der Waals surface area contributed by atoms with Crippen LogP contribution in [0.3, 0.4) is 0 Å². The van der Waals surface area contributed by atoms with Crippen molar-refractivity contribution in [2.75, 3.05) is 11.9 Å². The van der Waals surface area contributed by atoms with Crippen molar-refractivity contribution in [2.45, 2.75) is 6.54 Å². The Morgan fingerprint density at radius 1 is 1.00 bits per heavy atom. The van der Waals surface area contributed by atoms with E-state index in [4.69, 9.17) is 11.6 Å². The molecule has 26 heavy (non-hydrogen) atoms. The number of aromatic nitrogens is 3. The van der Waals surface area contributed by atoms with E-state index < -0.39 is 0 Å². The molecule has 0 atom stereocenters. The zero-order valence-corrected chi connectivity index (χ0v) is 14.9. The van der Waals surface area contributed by atoms with E-state index in [0.29, 0.717) is 11.6 Å².